The molecule has 0 heterocycles. The molecule has 0 aliphatic heterocycles. The van der Waals surface area contributed by atoms with E-state index in [9.17, 15) is 0 Å². The van der Waals surface area contributed by atoms with Crippen molar-refractivity contribution in [2.45, 2.75) is 0 Å². The van der Waals surface area contributed by atoms with E-state index in [2.05, 4.69) is 97.1 Å². The van der Waals surface area contributed by atoms with Gasteiger partial charge in [-0.1, -0.05) is 72.8 Å². The van der Waals surface area contributed by atoms with Gasteiger partial charge < -0.3 is 9.47 Å². The van der Waals surface area contributed by atoms with Gasteiger partial charge in [0, 0.05) is 0 Å². The van der Waals surface area contributed by atoms with Gasteiger partial charge in [-0.2, -0.15) is 0 Å². The van der Waals surface area contributed by atoms with Gasteiger partial charge in [0.25, 0.3) is 0 Å². The highest BCUT2D eigenvalue weighted by atomic mass is 16.5. The molecule has 0 spiro atoms. The van der Waals surface area contributed by atoms with Crippen LogP contribution >= 0.6 is 0 Å². The molecule has 0 amide bonds. The van der Waals surface area contributed by atoms with E-state index < -0.39 is 0 Å². The van der Waals surface area contributed by atoms with Crippen LogP contribution in [-0.4, -0.2) is 14.2 Å². The summed E-state index contributed by atoms with van der Waals surface area (Å²) < 4.78 is 10.5. The molecule has 0 atom stereocenters. The molecule has 0 N–H and O–H groups in total. The fraction of sp³-hybridized carbons (Fsp3) is 0.0625. The van der Waals surface area contributed by atoms with Gasteiger partial charge >= 0.3 is 0 Å². The second kappa shape index (κ2) is 9.68. The number of benzene rings is 5. The molecule has 0 aliphatic rings. The fourth-order valence-corrected chi connectivity index (χ4v) is 4.06. The summed E-state index contributed by atoms with van der Waals surface area (Å²) in [7, 11) is 3.37. The van der Waals surface area contributed by atoms with Gasteiger partial charge in [-0.3, -0.25) is 0 Å². The van der Waals surface area contributed by atoms with E-state index in [4.69, 9.17) is 9.47 Å². The van der Waals surface area contributed by atoms with Crippen molar-refractivity contribution >= 4 is 45.8 Å². The van der Waals surface area contributed by atoms with E-state index in [-0.39, 0.29) is 0 Å². The standard InChI is InChI=1S/C32H26O2/c1-33-31-15-9-23(10-16-31)3-5-25-7-13-27-21-28-14-8-26(20-30(28)22-29(27)19-25)6-4-24-11-17-32(34-2)18-12-24/h3-22H,1-2H3. The normalized spacial score (nSPS) is 11.6. The maximum atomic E-state index is 5.24. The highest BCUT2D eigenvalue weighted by Gasteiger charge is 2.01. The highest BCUT2D eigenvalue weighted by molar-refractivity contribution is 6.00. The minimum Gasteiger partial charge on any atom is -0.497 e. The minimum atomic E-state index is 0.868. The number of methoxy groups -OCH3 is 2. The van der Waals surface area contributed by atoms with Crippen LogP contribution < -0.4 is 9.47 Å². The van der Waals surface area contributed by atoms with Crippen molar-refractivity contribution in [1.82, 2.24) is 0 Å². The molecular formula is C32H26O2. The smallest absolute Gasteiger partial charge is 0.118 e. The van der Waals surface area contributed by atoms with Gasteiger partial charge in [0.2, 0.25) is 0 Å². The van der Waals surface area contributed by atoms with Gasteiger partial charge in [-0.15, -0.1) is 0 Å². The van der Waals surface area contributed by atoms with Crippen LogP contribution in [0.2, 0.25) is 0 Å². The van der Waals surface area contributed by atoms with E-state index in [1.807, 2.05) is 24.3 Å². The first kappa shape index (κ1) is 21.5. The van der Waals surface area contributed by atoms with Gasteiger partial charge in [0.1, 0.15) is 11.5 Å². The number of hydrogen-bond acceptors (Lipinski definition) is 2. The maximum Gasteiger partial charge on any atom is 0.118 e. The van der Waals surface area contributed by atoms with E-state index in [1.165, 1.54) is 32.7 Å². The molecule has 0 saturated heterocycles. The molecule has 0 unspecified atom stereocenters. The van der Waals surface area contributed by atoms with Crippen molar-refractivity contribution in [2.24, 2.45) is 0 Å². The Morgan fingerprint density at radius 1 is 0.382 bits per heavy atom. The van der Waals surface area contributed by atoms with Crippen LogP contribution in [0, 0.1) is 0 Å². The first-order valence-electron chi connectivity index (χ1n) is 11.3. The lowest BCUT2D eigenvalue weighted by Gasteiger charge is -2.05. The Hall–Kier alpha value is -4.30. The van der Waals surface area contributed by atoms with Crippen LogP contribution in [0.5, 0.6) is 11.5 Å². The van der Waals surface area contributed by atoms with Crippen LogP contribution in [0.4, 0.5) is 0 Å². The molecule has 2 nitrogen and oxygen atoms in total. The van der Waals surface area contributed by atoms with Crippen molar-refractivity contribution in [1.29, 1.82) is 0 Å². The number of rotatable bonds is 6. The average molecular weight is 443 g/mol. The quantitative estimate of drug-likeness (QED) is 0.194. The van der Waals surface area contributed by atoms with Crippen LogP contribution in [-0.2, 0) is 0 Å². The van der Waals surface area contributed by atoms with Gasteiger partial charge in [0.15, 0.2) is 0 Å². The van der Waals surface area contributed by atoms with Crippen LogP contribution in [0.25, 0.3) is 45.8 Å². The lowest BCUT2D eigenvalue weighted by atomic mass is 9.99. The van der Waals surface area contributed by atoms with Crippen molar-refractivity contribution in [3.63, 3.8) is 0 Å². The summed E-state index contributed by atoms with van der Waals surface area (Å²) in [5.74, 6) is 1.74. The third-order valence-electron chi connectivity index (χ3n) is 6.01. The number of fused-ring (bicyclic) bond motifs is 2. The summed E-state index contributed by atoms with van der Waals surface area (Å²) >= 11 is 0. The third-order valence-corrected chi connectivity index (χ3v) is 6.01. The molecule has 34 heavy (non-hydrogen) atoms. The molecule has 0 radical (unpaired) electrons. The van der Waals surface area contributed by atoms with Crippen molar-refractivity contribution in [2.75, 3.05) is 14.2 Å². The van der Waals surface area contributed by atoms with Crippen molar-refractivity contribution in [3.05, 3.63) is 119 Å². The molecule has 0 fully saturated rings. The molecule has 0 aliphatic carbocycles. The summed E-state index contributed by atoms with van der Waals surface area (Å²) in [4.78, 5) is 0. The molecule has 166 valence electrons. The summed E-state index contributed by atoms with van der Waals surface area (Å²) in [6, 6.07) is 33.9. The molecule has 2 heteroatoms. The lowest BCUT2D eigenvalue weighted by Crippen LogP contribution is -1.82. The maximum absolute atomic E-state index is 5.24. The Labute approximate surface area is 200 Å². The molecule has 5 aromatic rings. The SMILES string of the molecule is COc1ccc(C=Cc2ccc3cc4ccc(C=Cc5ccc(OC)cc5)cc4cc3c2)cc1. The molecule has 0 bridgehead atoms. The predicted octanol–water partition coefficient (Wildman–Crippen LogP) is 8.35. The molecule has 0 aromatic heterocycles. The van der Waals surface area contributed by atoms with E-state index in [0.29, 0.717) is 0 Å². The van der Waals surface area contributed by atoms with E-state index >= 15 is 0 Å². The van der Waals surface area contributed by atoms with E-state index in [1.54, 1.807) is 14.2 Å². The molecule has 5 aromatic carbocycles. The molecule has 5 rings (SSSR count). The zero-order valence-electron chi connectivity index (χ0n) is 19.4. The Morgan fingerprint density at radius 2 is 0.735 bits per heavy atom. The van der Waals surface area contributed by atoms with E-state index in [0.717, 1.165) is 22.6 Å². The average Bonchev–Trinajstić information content (AvgIpc) is 2.90. The molecule has 0 saturated carbocycles. The topological polar surface area (TPSA) is 18.5 Å². The van der Waals surface area contributed by atoms with Crippen molar-refractivity contribution < 1.29 is 9.47 Å². The number of hydrogen-bond donors (Lipinski definition) is 0. The zero-order chi connectivity index (χ0) is 23.3. The summed E-state index contributed by atoms with van der Waals surface area (Å²) in [5.41, 5.74) is 4.65. The minimum absolute atomic E-state index is 0.868. The lowest BCUT2D eigenvalue weighted by molar-refractivity contribution is 0.414. The monoisotopic (exact) mass is 442 g/mol. The summed E-state index contributed by atoms with van der Waals surface area (Å²) in [6.07, 6.45) is 8.56. The summed E-state index contributed by atoms with van der Waals surface area (Å²) in [6.45, 7) is 0. The van der Waals surface area contributed by atoms with Gasteiger partial charge in [-0.05, 0) is 92.3 Å². The third kappa shape index (κ3) is 4.87. The van der Waals surface area contributed by atoms with Crippen molar-refractivity contribution in [3.8, 4) is 11.5 Å². The fourth-order valence-electron chi connectivity index (χ4n) is 4.06. The van der Waals surface area contributed by atoms with Gasteiger partial charge in [0.05, 0.1) is 14.2 Å². The Kier molecular flexibility index (Phi) is 6.13. The Balaban J connectivity index is 1.41. The van der Waals surface area contributed by atoms with Crippen LogP contribution in [0.1, 0.15) is 22.3 Å². The highest BCUT2D eigenvalue weighted by Crippen LogP contribution is 2.26. The first-order valence-corrected chi connectivity index (χ1v) is 11.3. The summed E-state index contributed by atoms with van der Waals surface area (Å²) in [5, 5.41) is 4.97. The van der Waals surface area contributed by atoms with Crippen LogP contribution in [0.15, 0.2) is 97.1 Å². The zero-order valence-corrected chi connectivity index (χ0v) is 19.4. The van der Waals surface area contributed by atoms with Gasteiger partial charge in [-0.25, -0.2) is 0 Å². The largest absolute Gasteiger partial charge is 0.497 e. The molecular weight excluding hydrogens is 416 g/mol. The number of ether oxygens (including phenoxy) is 2. The first-order chi connectivity index (χ1) is 16.7. The second-order valence-electron chi connectivity index (χ2n) is 8.28. The Bertz CT molecular complexity index is 1380. The second-order valence-corrected chi connectivity index (χ2v) is 8.28. The predicted molar refractivity (Wildman–Crippen MR) is 145 cm³/mol. The van der Waals surface area contributed by atoms with Crippen LogP contribution in [0.3, 0.4) is 0 Å². The Morgan fingerprint density at radius 3 is 1.15 bits per heavy atom.